The maximum atomic E-state index is 12.9. The van der Waals surface area contributed by atoms with Crippen molar-refractivity contribution in [1.29, 1.82) is 0 Å². The Balaban J connectivity index is 2.53. The van der Waals surface area contributed by atoms with Crippen LogP contribution in [0.1, 0.15) is 0 Å². The van der Waals surface area contributed by atoms with Gasteiger partial charge in [-0.2, -0.15) is 5.10 Å². The van der Waals surface area contributed by atoms with Gasteiger partial charge in [0.1, 0.15) is 0 Å². The Hall–Kier alpha value is -1.42. The highest BCUT2D eigenvalue weighted by Crippen LogP contribution is 2.25. The van der Waals surface area contributed by atoms with Crippen LogP contribution in [0.15, 0.2) is 24.4 Å². The van der Waals surface area contributed by atoms with Crippen LogP contribution in [0.4, 0.5) is 8.78 Å². The number of halogens is 3. The van der Waals surface area contributed by atoms with Crippen LogP contribution in [0, 0.1) is 11.6 Å². The van der Waals surface area contributed by atoms with Crippen molar-refractivity contribution in [3.05, 3.63) is 41.1 Å². The molecule has 5 heteroatoms. The molecule has 2 aromatic rings. The minimum Gasteiger partial charge on any atom is -0.276 e. The summed E-state index contributed by atoms with van der Waals surface area (Å²) in [4.78, 5) is 0. The van der Waals surface area contributed by atoms with E-state index in [2.05, 4.69) is 10.2 Å². The molecule has 0 amide bonds. The summed E-state index contributed by atoms with van der Waals surface area (Å²) in [6.07, 6.45) is 1.40. The van der Waals surface area contributed by atoms with Crippen molar-refractivity contribution in [1.82, 2.24) is 10.2 Å². The fourth-order valence-corrected chi connectivity index (χ4v) is 1.33. The number of hydrogen-bond donors (Lipinski definition) is 1. The highest BCUT2D eigenvalue weighted by Gasteiger charge is 2.08. The molecule has 0 spiro atoms. The van der Waals surface area contributed by atoms with Gasteiger partial charge in [0.25, 0.3) is 0 Å². The van der Waals surface area contributed by atoms with Crippen molar-refractivity contribution in [2.45, 2.75) is 0 Å². The lowest BCUT2D eigenvalue weighted by atomic mass is 10.1. The summed E-state index contributed by atoms with van der Waals surface area (Å²) in [5.74, 6) is -1.79. The Labute approximate surface area is 83.5 Å². The van der Waals surface area contributed by atoms with Crippen molar-refractivity contribution < 1.29 is 8.78 Å². The minimum atomic E-state index is -0.909. The van der Waals surface area contributed by atoms with E-state index in [9.17, 15) is 8.78 Å². The Bertz CT molecular complexity index is 468. The predicted molar refractivity (Wildman–Crippen MR) is 48.9 cm³/mol. The van der Waals surface area contributed by atoms with Crippen LogP contribution in [0.3, 0.4) is 0 Å². The van der Waals surface area contributed by atoms with Crippen LogP contribution in [0.2, 0.25) is 5.02 Å². The first kappa shape index (κ1) is 9.15. The van der Waals surface area contributed by atoms with Crippen molar-refractivity contribution in [3.8, 4) is 11.3 Å². The molecule has 0 atom stereocenters. The van der Waals surface area contributed by atoms with Crippen LogP contribution in [0.5, 0.6) is 0 Å². The number of aromatic nitrogens is 2. The second kappa shape index (κ2) is 3.38. The second-order valence-electron chi connectivity index (χ2n) is 2.72. The average molecular weight is 215 g/mol. The molecular weight excluding hydrogens is 210 g/mol. The van der Waals surface area contributed by atoms with Gasteiger partial charge in [-0.1, -0.05) is 11.6 Å². The fourth-order valence-electron chi connectivity index (χ4n) is 1.13. The lowest BCUT2D eigenvalue weighted by Gasteiger charge is -1.99. The number of aromatic amines is 1. The van der Waals surface area contributed by atoms with Crippen molar-refractivity contribution >= 4 is 11.6 Å². The van der Waals surface area contributed by atoms with Gasteiger partial charge in [-0.3, -0.25) is 5.10 Å². The van der Waals surface area contributed by atoms with Gasteiger partial charge >= 0.3 is 0 Å². The maximum absolute atomic E-state index is 12.9. The summed E-state index contributed by atoms with van der Waals surface area (Å²) in [5, 5.41) is 6.65. The summed E-state index contributed by atoms with van der Waals surface area (Å²) in [5.41, 5.74) is 0.942. The van der Waals surface area contributed by atoms with E-state index >= 15 is 0 Å². The third-order valence-electron chi connectivity index (χ3n) is 1.80. The van der Waals surface area contributed by atoms with Crippen molar-refractivity contribution in [3.63, 3.8) is 0 Å². The zero-order chi connectivity index (χ0) is 10.1. The quantitative estimate of drug-likeness (QED) is 0.777. The molecule has 1 aromatic heterocycles. The van der Waals surface area contributed by atoms with E-state index in [-0.39, 0.29) is 0 Å². The molecule has 0 aliphatic rings. The standard InChI is InChI=1S/C9H5ClF2N2/c10-6-4-13-14-9(6)5-1-2-7(11)8(12)3-5/h1-4H,(H,13,14). The molecular formula is C9H5ClF2N2. The lowest BCUT2D eigenvalue weighted by molar-refractivity contribution is 0.509. The lowest BCUT2D eigenvalue weighted by Crippen LogP contribution is -1.86. The van der Waals surface area contributed by atoms with Gasteiger partial charge in [0.2, 0.25) is 0 Å². The van der Waals surface area contributed by atoms with Crippen LogP contribution < -0.4 is 0 Å². The molecule has 2 nitrogen and oxygen atoms in total. The molecule has 1 heterocycles. The Morgan fingerprint density at radius 1 is 1.21 bits per heavy atom. The van der Waals surface area contributed by atoms with Crippen LogP contribution in [-0.2, 0) is 0 Å². The van der Waals surface area contributed by atoms with Gasteiger partial charge in [0.15, 0.2) is 11.6 Å². The first-order valence-corrected chi connectivity index (χ1v) is 4.20. The van der Waals surface area contributed by atoms with Gasteiger partial charge in [-0.15, -0.1) is 0 Å². The van der Waals surface area contributed by atoms with Gasteiger partial charge < -0.3 is 0 Å². The molecule has 14 heavy (non-hydrogen) atoms. The van der Waals surface area contributed by atoms with E-state index in [0.717, 1.165) is 12.1 Å². The first-order valence-electron chi connectivity index (χ1n) is 3.83. The molecule has 0 bridgehead atoms. The van der Waals surface area contributed by atoms with E-state index in [1.54, 1.807) is 0 Å². The summed E-state index contributed by atoms with van der Waals surface area (Å²) in [7, 11) is 0. The Kier molecular flexibility index (Phi) is 2.21. The molecule has 1 aromatic carbocycles. The van der Waals surface area contributed by atoms with Crippen LogP contribution in [-0.4, -0.2) is 10.2 Å². The molecule has 0 aliphatic heterocycles. The molecule has 72 valence electrons. The fraction of sp³-hybridized carbons (Fsp3) is 0. The monoisotopic (exact) mass is 214 g/mol. The van der Waals surface area contributed by atoms with Crippen molar-refractivity contribution in [2.75, 3.05) is 0 Å². The number of benzene rings is 1. The molecule has 0 unspecified atom stereocenters. The SMILES string of the molecule is Fc1ccc(-c2[nH]ncc2Cl)cc1F. The molecule has 0 radical (unpaired) electrons. The smallest absolute Gasteiger partial charge is 0.159 e. The normalized spacial score (nSPS) is 10.5. The van der Waals surface area contributed by atoms with E-state index in [0.29, 0.717) is 16.3 Å². The molecule has 1 N–H and O–H groups in total. The van der Waals surface area contributed by atoms with E-state index < -0.39 is 11.6 Å². The Morgan fingerprint density at radius 3 is 2.57 bits per heavy atom. The number of nitrogens with zero attached hydrogens (tertiary/aromatic N) is 1. The van der Waals surface area contributed by atoms with E-state index in [1.165, 1.54) is 12.3 Å². The molecule has 2 rings (SSSR count). The molecule has 0 saturated carbocycles. The van der Waals surface area contributed by atoms with E-state index in [1.807, 2.05) is 0 Å². The van der Waals surface area contributed by atoms with Crippen LogP contribution in [0.25, 0.3) is 11.3 Å². The topological polar surface area (TPSA) is 28.7 Å². The zero-order valence-electron chi connectivity index (χ0n) is 6.89. The second-order valence-corrected chi connectivity index (χ2v) is 3.13. The number of hydrogen-bond acceptors (Lipinski definition) is 1. The third-order valence-corrected chi connectivity index (χ3v) is 2.09. The molecule has 0 aliphatic carbocycles. The minimum absolute atomic E-state index is 0.371. The van der Waals surface area contributed by atoms with Gasteiger partial charge in [-0.25, -0.2) is 8.78 Å². The Morgan fingerprint density at radius 2 is 2.00 bits per heavy atom. The predicted octanol–water partition coefficient (Wildman–Crippen LogP) is 3.01. The summed E-state index contributed by atoms with van der Waals surface area (Å²) >= 11 is 5.76. The third kappa shape index (κ3) is 1.48. The number of rotatable bonds is 1. The number of H-pyrrole nitrogens is 1. The zero-order valence-corrected chi connectivity index (χ0v) is 7.65. The average Bonchev–Trinajstić information content (AvgIpc) is 2.57. The maximum Gasteiger partial charge on any atom is 0.159 e. The van der Waals surface area contributed by atoms with Gasteiger partial charge in [0.05, 0.1) is 16.9 Å². The summed E-state index contributed by atoms with van der Waals surface area (Å²) < 4.78 is 25.5. The summed E-state index contributed by atoms with van der Waals surface area (Å²) in [6, 6.07) is 3.54. The first-order chi connectivity index (χ1) is 6.68. The highest BCUT2D eigenvalue weighted by atomic mass is 35.5. The van der Waals surface area contributed by atoms with Gasteiger partial charge in [0, 0.05) is 5.56 Å². The van der Waals surface area contributed by atoms with Gasteiger partial charge in [-0.05, 0) is 18.2 Å². The van der Waals surface area contributed by atoms with Crippen LogP contribution >= 0.6 is 11.6 Å². The molecule has 0 saturated heterocycles. The summed E-state index contributed by atoms with van der Waals surface area (Å²) in [6.45, 7) is 0. The van der Waals surface area contributed by atoms with E-state index in [4.69, 9.17) is 11.6 Å². The number of nitrogens with one attached hydrogen (secondary N) is 1. The van der Waals surface area contributed by atoms with Crippen molar-refractivity contribution in [2.24, 2.45) is 0 Å². The molecule has 0 fully saturated rings. The largest absolute Gasteiger partial charge is 0.276 e. The highest BCUT2D eigenvalue weighted by molar-refractivity contribution is 6.32.